The summed E-state index contributed by atoms with van der Waals surface area (Å²) in [7, 11) is 1.52. The van der Waals surface area contributed by atoms with Crippen molar-refractivity contribution < 1.29 is 14.3 Å². The van der Waals surface area contributed by atoms with E-state index in [9.17, 15) is 9.59 Å². The van der Waals surface area contributed by atoms with Crippen LogP contribution in [0.4, 0.5) is 5.69 Å². The molecule has 0 radical (unpaired) electrons. The molecule has 3 N–H and O–H groups in total. The molecule has 2 amide bonds. The van der Waals surface area contributed by atoms with Crippen LogP contribution in [0.5, 0.6) is 5.75 Å². The number of rotatable bonds is 5. The van der Waals surface area contributed by atoms with Crippen molar-refractivity contribution in [1.29, 1.82) is 0 Å². The van der Waals surface area contributed by atoms with Gasteiger partial charge in [-0.05, 0) is 30.3 Å². The topological polar surface area (TPSA) is 81.4 Å². The molecular formula is C16H15ClN2O3. The van der Waals surface area contributed by atoms with Gasteiger partial charge in [-0.25, -0.2) is 0 Å². The number of carbonyl (C=O) groups excluding carboxylic acids is 2. The molecule has 2 aromatic carbocycles. The van der Waals surface area contributed by atoms with Gasteiger partial charge in [0.1, 0.15) is 5.75 Å². The first kappa shape index (κ1) is 15.9. The van der Waals surface area contributed by atoms with Gasteiger partial charge in [-0.1, -0.05) is 23.7 Å². The van der Waals surface area contributed by atoms with E-state index in [1.165, 1.54) is 7.11 Å². The molecule has 0 fully saturated rings. The van der Waals surface area contributed by atoms with E-state index in [1.807, 2.05) is 0 Å². The normalized spacial score (nSPS) is 10.1. The summed E-state index contributed by atoms with van der Waals surface area (Å²) in [6.45, 7) is 0. The maximum atomic E-state index is 12.2. The number of benzene rings is 2. The lowest BCUT2D eigenvalue weighted by Gasteiger charge is -2.11. The summed E-state index contributed by atoms with van der Waals surface area (Å²) in [4.78, 5) is 23.5. The Labute approximate surface area is 133 Å². The molecule has 0 aliphatic rings. The Hall–Kier alpha value is -2.53. The molecule has 6 heteroatoms. The number of primary amides is 1. The standard InChI is InChI=1S/C16H15ClN2O3/c1-22-14-7-6-11(17)8-10(14)9-15(20)19-13-5-3-2-4-12(13)16(18)21/h2-8H,9H2,1H3,(H2,18,21)(H,19,20). The van der Waals surface area contributed by atoms with Crippen LogP contribution in [0.2, 0.25) is 5.02 Å². The van der Waals surface area contributed by atoms with Crippen LogP contribution in [0.25, 0.3) is 0 Å². The van der Waals surface area contributed by atoms with Crippen molar-refractivity contribution in [3.63, 3.8) is 0 Å². The van der Waals surface area contributed by atoms with E-state index in [0.29, 0.717) is 22.0 Å². The van der Waals surface area contributed by atoms with Crippen LogP contribution in [0.15, 0.2) is 42.5 Å². The molecule has 5 nitrogen and oxygen atoms in total. The van der Waals surface area contributed by atoms with Gasteiger partial charge in [-0.2, -0.15) is 0 Å². The number of hydrogen-bond acceptors (Lipinski definition) is 3. The smallest absolute Gasteiger partial charge is 0.250 e. The van der Waals surface area contributed by atoms with Gasteiger partial charge < -0.3 is 15.8 Å². The molecule has 0 bridgehead atoms. The van der Waals surface area contributed by atoms with Gasteiger partial charge in [0.25, 0.3) is 5.91 Å². The monoisotopic (exact) mass is 318 g/mol. The number of nitrogens with one attached hydrogen (secondary N) is 1. The quantitative estimate of drug-likeness (QED) is 0.889. The predicted octanol–water partition coefficient (Wildman–Crippen LogP) is 2.63. The first-order chi connectivity index (χ1) is 10.5. The second-order valence-corrected chi connectivity index (χ2v) is 5.03. The van der Waals surface area contributed by atoms with Gasteiger partial charge in [0.2, 0.25) is 5.91 Å². The Morgan fingerprint density at radius 1 is 1.23 bits per heavy atom. The van der Waals surface area contributed by atoms with Gasteiger partial charge >= 0.3 is 0 Å². The third-order valence-electron chi connectivity index (χ3n) is 3.06. The van der Waals surface area contributed by atoms with Crippen LogP contribution in [-0.4, -0.2) is 18.9 Å². The Morgan fingerprint density at radius 3 is 2.64 bits per heavy atom. The Morgan fingerprint density at radius 2 is 1.95 bits per heavy atom. The molecule has 0 aliphatic heterocycles. The minimum atomic E-state index is -0.601. The highest BCUT2D eigenvalue weighted by Gasteiger charge is 2.13. The molecule has 0 aliphatic carbocycles. The van der Waals surface area contributed by atoms with E-state index in [1.54, 1.807) is 42.5 Å². The third kappa shape index (κ3) is 3.77. The predicted molar refractivity (Wildman–Crippen MR) is 85.3 cm³/mol. The second-order valence-electron chi connectivity index (χ2n) is 4.59. The first-order valence-corrected chi connectivity index (χ1v) is 6.90. The summed E-state index contributed by atoms with van der Waals surface area (Å²) in [5.41, 5.74) is 6.57. The molecule has 0 spiro atoms. The lowest BCUT2D eigenvalue weighted by atomic mass is 10.1. The molecule has 22 heavy (non-hydrogen) atoms. The summed E-state index contributed by atoms with van der Waals surface area (Å²) in [6, 6.07) is 11.6. The van der Waals surface area contributed by atoms with Gasteiger partial charge in [0.15, 0.2) is 0 Å². The van der Waals surface area contributed by atoms with Crippen molar-refractivity contribution in [3.8, 4) is 5.75 Å². The molecule has 2 rings (SSSR count). The molecule has 2 aromatic rings. The van der Waals surface area contributed by atoms with Gasteiger partial charge in [0.05, 0.1) is 24.8 Å². The zero-order valence-electron chi connectivity index (χ0n) is 11.9. The fraction of sp³-hybridized carbons (Fsp3) is 0.125. The maximum absolute atomic E-state index is 12.2. The van der Waals surface area contributed by atoms with Crippen molar-refractivity contribution in [1.82, 2.24) is 0 Å². The van der Waals surface area contributed by atoms with Crippen molar-refractivity contribution in [2.24, 2.45) is 5.73 Å². The fourth-order valence-electron chi connectivity index (χ4n) is 2.06. The minimum Gasteiger partial charge on any atom is -0.496 e. The lowest BCUT2D eigenvalue weighted by Crippen LogP contribution is -2.19. The number of amides is 2. The molecule has 0 saturated heterocycles. The van der Waals surface area contributed by atoms with Crippen molar-refractivity contribution in [2.75, 3.05) is 12.4 Å². The van der Waals surface area contributed by atoms with Crippen LogP contribution < -0.4 is 15.8 Å². The summed E-state index contributed by atoms with van der Waals surface area (Å²) in [6.07, 6.45) is 0.0663. The molecular weight excluding hydrogens is 304 g/mol. The van der Waals surface area contributed by atoms with Crippen molar-refractivity contribution in [3.05, 3.63) is 58.6 Å². The zero-order chi connectivity index (χ0) is 16.1. The Balaban J connectivity index is 2.18. The summed E-state index contributed by atoms with van der Waals surface area (Å²) >= 11 is 5.94. The Bertz CT molecular complexity index is 716. The molecule has 0 aromatic heterocycles. The highest BCUT2D eigenvalue weighted by atomic mass is 35.5. The molecule has 0 saturated carbocycles. The van der Waals surface area contributed by atoms with Crippen LogP contribution in [0.1, 0.15) is 15.9 Å². The molecule has 0 atom stereocenters. The van der Waals surface area contributed by atoms with E-state index < -0.39 is 5.91 Å². The van der Waals surface area contributed by atoms with E-state index in [4.69, 9.17) is 22.1 Å². The highest BCUT2D eigenvalue weighted by Crippen LogP contribution is 2.23. The third-order valence-corrected chi connectivity index (χ3v) is 3.30. The van der Waals surface area contributed by atoms with Crippen LogP contribution in [0, 0.1) is 0 Å². The van der Waals surface area contributed by atoms with Gasteiger partial charge in [-0.3, -0.25) is 9.59 Å². The number of methoxy groups -OCH3 is 1. The summed E-state index contributed by atoms with van der Waals surface area (Å²) in [5.74, 6) is -0.326. The minimum absolute atomic E-state index is 0.0663. The van der Waals surface area contributed by atoms with Crippen molar-refractivity contribution >= 4 is 29.1 Å². The number of hydrogen-bond donors (Lipinski definition) is 2. The summed E-state index contributed by atoms with van der Waals surface area (Å²) in [5, 5.41) is 3.19. The molecule has 114 valence electrons. The number of nitrogens with two attached hydrogens (primary N) is 1. The van der Waals surface area contributed by atoms with E-state index in [0.717, 1.165) is 0 Å². The first-order valence-electron chi connectivity index (χ1n) is 6.52. The molecule has 0 unspecified atom stereocenters. The highest BCUT2D eigenvalue weighted by molar-refractivity contribution is 6.30. The van der Waals surface area contributed by atoms with Crippen LogP contribution in [0.3, 0.4) is 0 Å². The summed E-state index contributed by atoms with van der Waals surface area (Å²) < 4.78 is 5.20. The van der Waals surface area contributed by atoms with Gasteiger partial charge in [-0.15, -0.1) is 0 Å². The SMILES string of the molecule is COc1ccc(Cl)cc1CC(=O)Nc1ccccc1C(N)=O. The maximum Gasteiger partial charge on any atom is 0.250 e. The fourth-order valence-corrected chi connectivity index (χ4v) is 2.25. The number of para-hydroxylation sites is 1. The lowest BCUT2D eigenvalue weighted by molar-refractivity contribution is -0.115. The van der Waals surface area contributed by atoms with Crippen molar-refractivity contribution in [2.45, 2.75) is 6.42 Å². The number of halogens is 1. The average molecular weight is 319 g/mol. The van der Waals surface area contributed by atoms with Gasteiger partial charge in [0, 0.05) is 10.6 Å². The Kier molecular flexibility index (Phi) is 5.01. The zero-order valence-corrected chi connectivity index (χ0v) is 12.7. The van der Waals surface area contributed by atoms with Crippen LogP contribution in [-0.2, 0) is 11.2 Å². The van der Waals surface area contributed by atoms with E-state index in [-0.39, 0.29) is 17.9 Å². The largest absolute Gasteiger partial charge is 0.496 e. The second kappa shape index (κ2) is 6.95. The molecule has 0 heterocycles. The van der Waals surface area contributed by atoms with E-state index >= 15 is 0 Å². The number of carbonyl (C=O) groups is 2. The number of ether oxygens (including phenoxy) is 1. The average Bonchev–Trinajstić information content (AvgIpc) is 2.47. The van der Waals surface area contributed by atoms with Crippen LogP contribution >= 0.6 is 11.6 Å². The van der Waals surface area contributed by atoms with E-state index in [2.05, 4.69) is 5.32 Å². The number of anilines is 1.